The highest BCUT2D eigenvalue weighted by Crippen LogP contribution is 2.26. The molecule has 0 saturated carbocycles. The van der Waals surface area contributed by atoms with Crippen LogP contribution in [0.5, 0.6) is 0 Å². The zero-order valence-electron chi connectivity index (χ0n) is 8.04. The zero-order chi connectivity index (χ0) is 8.67. The minimum Gasteiger partial charge on any atom is -0.372 e. The fourth-order valence-electron chi connectivity index (χ4n) is 2.69. The van der Waals surface area contributed by atoms with E-state index in [0.717, 1.165) is 5.92 Å². The van der Waals surface area contributed by atoms with Gasteiger partial charge in [0.15, 0.2) is 0 Å². The summed E-state index contributed by atoms with van der Waals surface area (Å²) >= 11 is 0. The van der Waals surface area contributed by atoms with Crippen LogP contribution in [0.1, 0.15) is 12.8 Å². The van der Waals surface area contributed by atoms with Crippen LogP contribution in [-0.4, -0.2) is 49.8 Å². The standard InChI is InChI=1S/C10H18N2O/c1-2-10-7-12(6-9(1)13-10)5-8-3-11-4-8/h8-11H,1-7H2. The lowest BCUT2D eigenvalue weighted by Gasteiger charge is -2.37. The summed E-state index contributed by atoms with van der Waals surface area (Å²) in [6.45, 7) is 6.13. The molecular weight excluding hydrogens is 164 g/mol. The molecule has 0 amide bonds. The Morgan fingerprint density at radius 3 is 2.38 bits per heavy atom. The first-order valence-electron chi connectivity index (χ1n) is 5.48. The first kappa shape index (κ1) is 8.21. The summed E-state index contributed by atoms with van der Waals surface area (Å²) in [4.78, 5) is 2.61. The molecule has 3 aliphatic rings. The average molecular weight is 182 g/mol. The quantitative estimate of drug-likeness (QED) is 0.654. The molecule has 0 aliphatic carbocycles. The summed E-state index contributed by atoms with van der Waals surface area (Å²) in [7, 11) is 0. The lowest BCUT2D eigenvalue weighted by atomic mass is 10.0. The van der Waals surface area contributed by atoms with E-state index in [2.05, 4.69) is 10.2 Å². The fourth-order valence-corrected chi connectivity index (χ4v) is 2.69. The average Bonchev–Trinajstić information content (AvgIpc) is 2.39. The van der Waals surface area contributed by atoms with E-state index in [1.807, 2.05) is 0 Å². The molecule has 3 nitrogen and oxygen atoms in total. The third-order valence-electron chi connectivity index (χ3n) is 3.50. The molecule has 1 N–H and O–H groups in total. The topological polar surface area (TPSA) is 24.5 Å². The van der Waals surface area contributed by atoms with Gasteiger partial charge in [0.05, 0.1) is 12.2 Å². The van der Waals surface area contributed by atoms with Gasteiger partial charge >= 0.3 is 0 Å². The minimum absolute atomic E-state index is 0.562. The van der Waals surface area contributed by atoms with E-state index in [-0.39, 0.29) is 0 Å². The Bertz CT molecular complexity index is 181. The van der Waals surface area contributed by atoms with Gasteiger partial charge in [-0.25, -0.2) is 0 Å². The lowest BCUT2D eigenvalue weighted by Crippen LogP contribution is -2.52. The molecule has 3 fully saturated rings. The number of ether oxygens (including phenoxy) is 1. The van der Waals surface area contributed by atoms with Gasteiger partial charge in [0.1, 0.15) is 0 Å². The van der Waals surface area contributed by atoms with Gasteiger partial charge in [-0.05, 0) is 18.8 Å². The molecule has 2 bridgehead atoms. The molecule has 0 radical (unpaired) electrons. The van der Waals surface area contributed by atoms with Crippen molar-refractivity contribution in [3.63, 3.8) is 0 Å². The number of nitrogens with zero attached hydrogens (tertiary/aromatic N) is 1. The molecule has 3 rings (SSSR count). The normalized spacial score (nSPS) is 40.6. The molecule has 3 heterocycles. The predicted molar refractivity (Wildman–Crippen MR) is 50.7 cm³/mol. The Labute approximate surface area is 79.4 Å². The molecule has 3 aliphatic heterocycles. The second-order valence-corrected chi connectivity index (χ2v) is 4.70. The number of nitrogens with one attached hydrogen (secondary N) is 1. The first-order chi connectivity index (χ1) is 6.40. The summed E-state index contributed by atoms with van der Waals surface area (Å²) in [6.07, 6.45) is 3.72. The Balaban J connectivity index is 1.54. The van der Waals surface area contributed by atoms with Gasteiger partial charge in [0.2, 0.25) is 0 Å². The van der Waals surface area contributed by atoms with Crippen LogP contribution in [0.3, 0.4) is 0 Å². The highest BCUT2D eigenvalue weighted by molar-refractivity contribution is 4.87. The van der Waals surface area contributed by atoms with Crippen molar-refractivity contribution in [2.45, 2.75) is 25.0 Å². The molecule has 0 aromatic carbocycles. The number of rotatable bonds is 2. The molecule has 13 heavy (non-hydrogen) atoms. The lowest BCUT2D eigenvalue weighted by molar-refractivity contribution is -0.0445. The van der Waals surface area contributed by atoms with Crippen molar-refractivity contribution < 1.29 is 4.74 Å². The number of morpholine rings is 1. The van der Waals surface area contributed by atoms with Crippen molar-refractivity contribution in [1.82, 2.24) is 10.2 Å². The van der Waals surface area contributed by atoms with Gasteiger partial charge in [0.25, 0.3) is 0 Å². The van der Waals surface area contributed by atoms with Gasteiger partial charge in [-0.3, -0.25) is 4.90 Å². The number of fused-ring (bicyclic) bond motifs is 2. The summed E-state index contributed by atoms with van der Waals surface area (Å²) in [5.74, 6) is 0.914. The van der Waals surface area contributed by atoms with Gasteiger partial charge in [-0.1, -0.05) is 0 Å². The maximum absolute atomic E-state index is 5.80. The van der Waals surface area contributed by atoms with Crippen molar-refractivity contribution in [3.8, 4) is 0 Å². The van der Waals surface area contributed by atoms with Gasteiger partial charge < -0.3 is 10.1 Å². The Morgan fingerprint density at radius 2 is 1.85 bits per heavy atom. The molecule has 0 aromatic rings. The van der Waals surface area contributed by atoms with Crippen LogP contribution in [-0.2, 0) is 4.74 Å². The van der Waals surface area contributed by atoms with Gasteiger partial charge in [-0.15, -0.1) is 0 Å². The van der Waals surface area contributed by atoms with Crippen LogP contribution >= 0.6 is 0 Å². The van der Waals surface area contributed by atoms with Crippen LogP contribution < -0.4 is 5.32 Å². The van der Waals surface area contributed by atoms with E-state index in [1.54, 1.807) is 0 Å². The van der Waals surface area contributed by atoms with Crippen LogP contribution in [0.25, 0.3) is 0 Å². The van der Waals surface area contributed by atoms with Crippen LogP contribution in [0.4, 0.5) is 0 Å². The van der Waals surface area contributed by atoms with E-state index in [0.29, 0.717) is 12.2 Å². The summed E-state index contributed by atoms with van der Waals surface area (Å²) in [5.41, 5.74) is 0. The molecule has 2 unspecified atom stereocenters. The monoisotopic (exact) mass is 182 g/mol. The zero-order valence-corrected chi connectivity index (χ0v) is 8.04. The Morgan fingerprint density at radius 1 is 1.15 bits per heavy atom. The molecule has 3 saturated heterocycles. The maximum atomic E-state index is 5.80. The summed E-state index contributed by atoms with van der Waals surface area (Å²) in [5, 5.41) is 3.33. The highest BCUT2D eigenvalue weighted by atomic mass is 16.5. The van der Waals surface area contributed by atoms with Crippen molar-refractivity contribution in [2.24, 2.45) is 5.92 Å². The van der Waals surface area contributed by atoms with E-state index in [9.17, 15) is 0 Å². The van der Waals surface area contributed by atoms with Gasteiger partial charge in [-0.2, -0.15) is 0 Å². The summed E-state index contributed by atoms with van der Waals surface area (Å²) in [6, 6.07) is 0. The fraction of sp³-hybridized carbons (Fsp3) is 1.00. The van der Waals surface area contributed by atoms with E-state index in [4.69, 9.17) is 4.74 Å². The summed E-state index contributed by atoms with van der Waals surface area (Å²) < 4.78 is 5.80. The second kappa shape index (κ2) is 3.23. The van der Waals surface area contributed by atoms with E-state index in [1.165, 1.54) is 45.6 Å². The smallest absolute Gasteiger partial charge is 0.0707 e. The third-order valence-corrected chi connectivity index (χ3v) is 3.50. The largest absolute Gasteiger partial charge is 0.372 e. The molecule has 74 valence electrons. The second-order valence-electron chi connectivity index (χ2n) is 4.70. The van der Waals surface area contributed by atoms with Crippen molar-refractivity contribution in [2.75, 3.05) is 32.7 Å². The van der Waals surface area contributed by atoms with Gasteiger partial charge in [0, 0.05) is 32.7 Å². The van der Waals surface area contributed by atoms with Crippen LogP contribution in [0.2, 0.25) is 0 Å². The minimum atomic E-state index is 0.562. The van der Waals surface area contributed by atoms with Crippen LogP contribution in [0.15, 0.2) is 0 Å². The number of likely N-dealkylation sites (tertiary alicyclic amines) is 1. The maximum Gasteiger partial charge on any atom is 0.0707 e. The first-order valence-corrected chi connectivity index (χ1v) is 5.48. The molecule has 0 spiro atoms. The van der Waals surface area contributed by atoms with Crippen LogP contribution in [0, 0.1) is 5.92 Å². The Kier molecular flexibility index (Phi) is 2.04. The number of hydrogen-bond acceptors (Lipinski definition) is 3. The van der Waals surface area contributed by atoms with Crippen molar-refractivity contribution in [1.29, 1.82) is 0 Å². The molecular formula is C10H18N2O. The van der Waals surface area contributed by atoms with Crippen molar-refractivity contribution >= 4 is 0 Å². The molecule has 2 atom stereocenters. The third kappa shape index (κ3) is 1.60. The highest BCUT2D eigenvalue weighted by Gasteiger charge is 2.34. The molecule has 3 heteroatoms. The molecule has 0 aromatic heterocycles. The van der Waals surface area contributed by atoms with E-state index >= 15 is 0 Å². The predicted octanol–water partition coefficient (Wildman–Crippen LogP) is 0.0690. The number of hydrogen-bond donors (Lipinski definition) is 1. The SMILES string of the molecule is C1NCC1CN1CC2CCC(C1)O2. The van der Waals surface area contributed by atoms with Crippen molar-refractivity contribution in [3.05, 3.63) is 0 Å². The Hall–Kier alpha value is -0.120. The van der Waals surface area contributed by atoms with E-state index < -0.39 is 0 Å².